The summed E-state index contributed by atoms with van der Waals surface area (Å²) in [6.07, 6.45) is 1.51. The number of hydrogen-bond donors (Lipinski definition) is 2. The number of rotatable bonds is 10. The molecule has 0 aromatic heterocycles. The van der Waals surface area contributed by atoms with Crippen LogP contribution < -0.4 is 20.2 Å². The van der Waals surface area contributed by atoms with Crippen LogP contribution in [0.25, 0.3) is 0 Å². The highest BCUT2D eigenvalue weighted by molar-refractivity contribution is 5.97. The summed E-state index contributed by atoms with van der Waals surface area (Å²) < 4.78 is 11.3. The number of carbonyl (C=O) groups excluding carboxylic acids is 2. The lowest BCUT2D eigenvalue weighted by Gasteiger charge is -2.20. The molecule has 0 bridgehead atoms. The first-order valence-electron chi connectivity index (χ1n) is 11.0. The summed E-state index contributed by atoms with van der Waals surface area (Å²) in [5.74, 6) is 0.334. The van der Waals surface area contributed by atoms with Crippen LogP contribution in [-0.2, 0) is 11.4 Å². The predicted octanol–water partition coefficient (Wildman–Crippen LogP) is 4.18. The number of nitrogens with one attached hydrogen (secondary N) is 2. The first-order chi connectivity index (χ1) is 16.5. The van der Waals surface area contributed by atoms with E-state index >= 15 is 0 Å². The van der Waals surface area contributed by atoms with Crippen LogP contribution in [0.2, 0.25) is 0 Å². The second-order valence-corrected chi connectivity index (χ2v) is 7.98. The Balaban J connectivity index is 1.60. The molecule has 0 aliphatic rings. The molecule has 0 radical (unpaired) electrons. The van der Waals surface area contributed by atoms with E-state index in [1.165, 1.54) is 6.21 Å². The zero-order valence-electron chi connectivity index (χ0n) is 19.5. The number of amides is 2. The average molecular weight is 460 g/mol. The third-order valence-corrected chi connectivity index (χ3v) is 5.08. The highest BCUT2D eigenvalue weighted by Crippen LogP contribution is 2.28. The fourth-order valence-corrected chi connectivity index (χ4v) is 3.21. The Bertz CT molecular complexity index is 1120. The topological polar surface area (TPSA) is 89.0 Å². The fraction of sp³-hybridized carbons (Fsp3) is 0.222. The molecule has 7 heteroatoms. The maximum atomic E-state index is 12.7. The van der Waals surface area contributed by atoms with Gasteiger partial charge in [0.2, 0.25) is 0 Å². The van der Waals surface area contributed by atoms with Crippen molar-refractivity contribution in [1.82, 2.24) is 10.7 Å². The van der Waals surface area contributed by atoms with Crippen LogP contribution in [0.1, 0.15) is 35.3 Å². The average Bonchev–Trinajstić information content (AvgIpc) is 2.87. The SMILES string of the molecule is COc1cc(/C=N/NC(=O)C(NC(=O)c2ccccc2)C(C)C)ccc1OCc1ccccc1. The molecular weight excluding hydrogens is 430 g/mol. The summed E-state index contributed by atoms with van der Waals surface area (Å²) in [5, 5.41) is 6.82. The Kier molecular flexibility index (Phi) is 8.80. The summed E-state index contributed by atoms with van der Waals surface area (Å²) in [6.45, 7) is 4.14. The summed E-state index contributed by atoms with van der Waals surface area (Å²) in [5.41, 5.74) is 4.78. The Morgan fingerprint density at radius 1 is 0.941 bits per heavy atom. The highest BCUT2D eigenvalue weighted by Gasteiger charge is 2.24. The van der Waals surface area contributed by atoms with Crippen LogP contribution in [0.3, 0.4) is 0 Å². The van der Waals surface area contributed by atoms with Gasteiger partial charge in [-0.3, -0.25) is 9.59 Å². The van der Waals surface area contributed by atoms with Gasteiger partial charge in [0.05, 0.1) is 13.3 Å². The van der Waals surface area contributed by atoms with E-state index < -0.39 is 11.9 Å². The van der Waals surface area contributed by atoms with E-state index in [2.05, 4.69) is 15.8 Å². The summed E-state index contributed by atoms with van der Waals surface area (Å²) in [7, 11) is 1.57. The largest absolute Gasteiger partial charge is 0.493 e. The molecule has 3 aromatic rings. The lowest BCUT2D eigenvalue weighted by molar-refractivity contribution is -0.123. The number of benzene rings is 3. The van der Waals surface area contributed by atoms with Crippen molar-refractivity contribution < 1.29 is 19.1 Å². The minimum absolute atomic E-state index is 0.121. The molecule has 2 amide bonds. The van der Waals surface area contributed by atoms with Crippen LogP contribution in [0, 0.1) is 5.92 Å². The molecule has 176 valence electrons. The first-order valence-corrected chi connectivity index (χ1v) is 11.0. The molecule has 0 aliphatic carbocycles. The maximum Gasteiger partial charge on any atom is 0.262 e. The van der Waals surface area contributed by atoms with Gasteiger partial charge in [-0.1, -0.05) is 62.4 Å². The van der Waals surface area contributed by atoms with Crippen molar-refractivity contribution in [1.29, 1.82) is 0 Å². The predicted molar refractivity (Wildman–Crippen MR) is 132 cm³/mol. The molecule has 2 N–H and O–H groups in total. The van der Waals surface area contributed by atoms with Gasteiger partial charge in [0, 0.05) is 5.56 Å². The smallest absolute Gasteiger partial charge is 0.262 e. The van der Waals surface area contributed by atoms with E-state index in [1.54, 1.807) is 43.5 Å². The Morgan fingerprint density at radius 2 is 1.62 bits per heavy atom. The molecular formula is C27H29N3O4. The van der Waals surface area contributed by atoms with Crippen molar-refractivity contribution in [2.45, 2.75) is 26.5 Å². The summed E-state index contributed by atoms with van der Waals surface area (Å²) in [6, 6.07) is 23.3. The quantitative estimate of drug-likeness (QED) is 0.352. The fourth-order valence-electron chi connectivity index (χ4n) is 3.21. The van der Waals surface area contributed by atoms with E-state index in [0.29, 0.717) is 23.7 Å². The lowest BCUT2D eigenvalue weighted by atomic mass is 10.0. The van der Waals surface area contributed by atoms with Gasteiger partial charge >= 0.3 is 0 Å². The molecule has 1 unspecified atom stereocenters. The van der Waals surface area contributed by atoms with Gasteiger partial charge in [-0.05, 0) is 47.4 Å². The number of carbonyl (C=O) groups is 2. The van der Waals surface area contributed by atoms with Crippen molar-refractivity contribution in [2.75, 3.05) is 7.11 Å². The van der Waals surface area contributed by atoms with E-state index in [1.807, 2.05) is 56.3 Å². The molecule has 0 spiro atoms. The Hall–Kier alpha value is -4.13. The minimum atomic E-state index is -0.729. The third-order valence-electron chi connectivity index (χ3n) is 5.08. The Morgan fingerprint density at radius 3 is 2.26 bits per heavy atom. The van der Waals surface area contributed by atoms with Crippen molar-refractivity contribution in [3.8, 4) is 11.5 Å². The molecule has 3 aromatic carbocycles. The highest BCUT2D eigenvalue weighted by atomic mass is 16.5. The normalized spacial score (nSPS) is 11.8. The minimum Gasteiger partial charge on any atom is -0.493 e. The van der Waals surface area contributed by atoms with Crippen LogP contribution in [0.5, 0.6) is 11.5 Å². The van der Waals surface area contributed by atoms with Gasteiger partial charge in [0.15, 0.2) is 11.5 Å². The molecule has 7 nitrogen and oxygen atoms in total. The van der Waals surface area contributed by atoms with Crippen molar-refractivity contribution in [2.24, 2.45) is 11.0 Å². The molecule has 0 heterocycles. The number of nitrogens with zero attached hydrogens (tertiary/aromatic N) is 1. The molecule has 3 rings (SSSR count). The van der Waals surface area contributed by atoms with E-state index in [0.717, 1.165) is 11.1 Å². The van der Waals surface area contributed by atoms with Crippen LogP contribution in [-0.4, -0.2) is 31.2 Å². The maximum absolute atomic E-state index is 12.7. The molecule has 0 saturated carbocycles. The summed E-state index contributed by atoms with van der Waals surface area (Å²) in [4.78, 5) is 25.1. The third kappa shape index (κ3) is 6.93. The number of ether oxygens (including phenoxy) is 2. The van der Waals surface area contributed by atoms with Crippen molar-refractivity contribution in [3.63, 3.8) is 0 Å². The molecule has 0 fully saturated rings. The second kappa shape index (κ2) is 12.2. The molecule has 0 aliphatic heterocycles. The van der Waals surface area contributed by atoms with E-state index in [4.69, 9.17) is 9.47 Å². The van der Waals surface area contributed by atoms with Gasteiger partial charge in [0.1, 0.15) is 12.6 Å². The monoisotopic (exact) mass is 459 g/mol. The molecule has 34 heavy (non-hydrogen) atoms. The van der Waals surface area contributed by atoms with Gasteiger partial charge in [-0.15, -0.1) is 0 Å². The van der Waals surface area contributed by atoms with Crippen molar-refractivity contribution in [3.05, 3.63) is 95.6 Å². The van der Waals surface area contributed by atoms with Crippen molar-refractivity contribution >= 4 is 18.0 Å². The standard InChI is InChI=1S/C27H29N3O4/c1-19(2)25(29-26(31)22-12-8-5-9-13-22)27(32)30-28-17-21-14-15-23(24(16-21)33-3)34-18-20-10-6-4-7-11-20/h4-17,19,25H,18H2,1-3H3,(H,29,31)(H,30,32)/b28-17+. The van der Waals surface area contributed by atoms with Gasteiger partial charge < -0.3 is 14.8 Å². The van der Waals surface area contributed by atoms with Gasteiger partial charge in [0.25, 0.3) is 11.8 Å². The van der Waals surface area contributed by atoms with Gasteiger partial charge in [-0.25, -0.2) is 5.43 Å². The van der Waals surface area contributed by atoms with Gasteiger partial charge in [-0.2, -0.15) is 5.10 Å². The summed E-state index contributed by atoms with van der Waals surface area (Å²) >= 11 is 0. The number of hydrazone groups is 1. The van der Waals surface area contributed by atoms with Crippen LogP contribution in [0.15, 0.2) is 84.0 Å². The zero-order chi connectivity index (χ0) is 24.3. The van der Waals surface area contributed by atoms with Crippen LogP contribution >= 0.6 is 0 Å². The molecule has 0 saturated heterocycles. The van der Waals surface area contributed by atoms with E-state index in [9.17, 15) is 9.59 Å². The molecule has 1 atom stereocenters. The zero-order valence-corrected chi connectivity index (χ0v) is 19.5. The second-order valence-electron chi connectivity index (χ2n) is 7.98. The number of hydrogen-bond acceptors (Lipinski definition) is 5. The van der Waals surface area contributed by atoms with E-state index in [-0.39, 0.29) is 11.8 Å². The van der Waals surface area contributed by atoms with Crippen LogP contribution in [0.4, 0.5) is 0 Å². The number of methoxy groups -OCH3 is 1. The Labute approximate surface area is 199 Å². The first kappa shape index (κ1) is 24.5. The lowest BCUT2D eigenvalue weighted by Crippen LogP contribution is -2.48.